The first-order valence-corrected chi connectivity index (χ1v) is 7.90. The van der Waals surface area contributed by atoms with Gasteiger partial charge in [-0.05, 0) is 43.9 Å². The number of piperidine rings is 1. The summed E-state index contributed by atoms with van der Waals surface area (Å²) in [7, 11) is 0. The second-order valence-corrected chi connectivity index (χ2v) is 5.84. The van der Waals surface area contributed by atoms with Crippen LogP contribution in [0.5, 0.6) is 0 Å². The van der Waals surface area contributed by atoms with E-state index in [1.54, 1.807) is 0 Å². The zero-order valence-electron chi connectivity index (χ0n) is 13.4. The average molecular weight is 300 g/mol. The number of carbonyl (C=O) groups excluding carboxylic acids is 1. The Morgan fingerprint density at radius 2 is 2.41 bits per heavy atom. The van der Waals surface area contributed by atoms with Crippen molar-refractivity contribution in [1.82, 2.24) is 9.88 Å². The van der Waals surface area contributed by atoms with Crippen LogP contribution in [0, 0.1) is 11.8 Å². The third-order valence-electron chi connectivity index (χ3n) is 3.85. The Kier molecular flexibility index (Phi) is 6.42. The SMILES string of the molecule is CC(=O)O[C@H](C)CC#CCN1CCC[C@@H](c2cccnc2)C1. The highest BCUT2D eigenvalue weighted by Gasteiger charge is 2.20. The van der Waals surface area contributed by atoms with Crippen LogP contribution in [-0.4, -0.2) is 41.6 Å². The number of ether oxygens (including phenoxy) is 1. The molecule has 0 aromatic carbocycles. The Bertz CT molecular complexity index is 533. The third kappa shape index (κ3) is 5.50. The molecule has 0 unspecified atom stereocenters. The van der Waals surface area contributed by atoms with Gasteiger partial charge in [0.15, 0.2) is 0 Å². The minimum Gasteiger partial charge on any atom is -0.462 e. The molecule has 0 radical (unpaired) electrons. The van der Waals surface area contributed by atoms with Crippen LogP contribution in [0.15, 0.2) is 24.5 Å². The molecule has 118 valence electrons. The van der Waals surface area contributed by atoms with Gasteiger partial charge in [0.1, 0.15) is 6.10 Å². The van der Waals surface area contributed by atoms with Crippen molar-refractivity contribution in [2.75, 3.05) is 19.6 Å². The lowest BCUT2D eigenvalue weighted by Crippen LogP contribution is -2.34. The highest BCUT2D eigenvalue weighted by atomic mass is 16.5. The molecule has 0 bridgehead atoms. The van der Waals surface area contributed by atoms with Crippen LogP contribution >= 0.6 is 0 Å². The lowest BCUT2D eigenvalue weighted by molar-refractivity contribution is -0.145. The number of rotatable bonds is 4. The van der Waals surface area contributed by atoms with Gasteiger partial charge < -0.3 is 4.74 Å². The van der Waals surface area contributed by atoms with Crippen LogP contribution in [0.4, 0.5) is 0 Å². The average Bonchev–Trinajstić information content (AvgIpc) is 2.52. The molecule has 1 aromatic heterocycles. The number of likely N-dealkylation sites (tertiary alicyclic amines) is 1. The van der Waals surface area contributed by atoms with Gasteiger partial charge in [0.2, 0.25) is 0 Å². The second-order valence-electron chi connectivity index (χ2n) is 5.84. The minimum atomic E-state index is -0.246. The molecule has 1 aliphatic rings. The molecule has 2 heterocycles. The number of aromatic nitrogens is 1. The first kappa shape index (κ1) is 16.5. The van der Waals surface area contributed by atoms with E-state index < -0.39 is 0 Å². The number of esters is 1. The first-order valence-electron chi connectivity index (χ1n) is 7.90. The molecule has 2 atom stereocenters. The van der Waals surface area contributed by atoms with Crippen molar-refractivity contribution in [3.05, 3.63) is 30.1 Å². The number of carbonyl (C=O) groups is 1. The van der Waals surface area contributed by atoms with E-state index in [0.29, 0.717) is 12.3 Å². The van der Waals surface area contributed by atoms with Crippen LogP contribution in [0.1, 0.15) is 44.6 Å². The zero-order chi connectivity index (χ0) is 15.8. The van der Waals surface area contributed by atoms with Crippen molar-refractivity contribution < 1.29 is 9.53 Å². The van der Waals surface area contributed by atoms with E-state index in [-0.39, 0.29) is 12.1 Å². The molecule has 1 saturated heterocycles. The summed E-state index contributed by atoms with van der Waals surface area (Å²) in [5.74, 6) is 6.63. The van der Waals surface area contributed by atoms with Crippen molar-refractivity contribution in [2.45, 2.75) is 45.1 Å². The Labute approximate surface area is 132 Å². The maximum Gasteiger partial charge on any atom is 0.302 e. The molecule has 4 heteroatoms. The monoisotopic (exact) mass is 300 g/mol. The van der Waals surface area contributed by atoms with Crippen LogP contribution in [0.2, 0.25) is 0 Å². The number of pyridine rings is 1. The lowest BCUT2D eigenvalue weighted by Gasteiger charge is -2.31. The Balaban J connectivity index is 1.78. The predicted molar refractivity (Wildman–Crippen MR) is 86.3 cm³/mol. The zero-order valence-corrected chi connectivity index (χ0v) is 13.4. The van der Waals surface area contributed by atoms with Gasteiger partial charge in [0.25, 0.3) is 0 Å². The molecule has 1 aliphatic heterocycles. The van der Waals surface area contributed by atoms with Crippen molar-refractivity contribution in [3.63, 3.8) is 0 Å². The van der Waals surface area contributed by atoms with Gasteiger partial charge in [-0.2, -0.15) is 0 Å². The van der Waals surface area contributed by atoms with E-state index >= 15 is 0 Å². The number of nitrogens with zero attached hydrogens (tertiary/aromatic N) is 2. The number of hydrogen-bond donors (Lipinski definition) is 0. The fourth-order valence-electron chi connectivity index (χ4n) is 2.80. The van der Waals surface area contributed by atoms with Crippen LogP contribution < -0.4 is 0 Å². The van der Waals surface area contributed by atoms with Gasteiger partial charge in [0, 0.05) is 32.3 Å². The molecule has 0 saturated carbocycles. The fraction of sp³-hybridized carbons (Fsp3) is 0.556. The Morgan fingerprint density at radius 1 is 1.55 bits per heavy atom. The molecule has 1 fully saturated rings. The molecule has 0 amide bonds. The van der Waals surface area contributed by atoms with Gasteiger partial charge in [-0.1, -0.05) is 17.9 Å². The van der Waals surface area contributed by atoms with E-state index in [1.165, 1.54) is 25.3 Å². The van der Waals surface area contributed by atoms with E-state index in [2.05, 4.69) is 27.8 Å². The molecular weight excluding hydrogens is 276 g/mol. The molecule has 22 heavy (non-hydrogen) atoms. The maximum atomic E-state index is 10.8. The van der Waals surface area contributed by atoms with Crippen LogP contribution in [0.3, 0.4) is 0 Å². The summed E-state index contributed by atoms with van der Waals surface area (Å²) in [6.45, 7) is 6.22. The van der Waals surface area contributed by atoms with E-state index in [9.17, 15) is 4.79 Å². The summed E-state index contributed by atoms with van der Waals surface area (Å²) in [6, 6.07) is 4.16. The molecule has 2 rings (SSSR count). The van der Waals surface area contributed by atoms with Crippen molar-refractivity contribution in [3.8, 4) is 11.8 Å². The normalized spacial score (nSPS) is 19.8. The molecule has 0 N–H and O–H groups in total. The summed E-state index contributed by atoms with van der Waals surface area (Å²) in [6.07, 6.45) is 6.68. The van der Waals surface area contributed by atoms with Crippen LogP contribution in [0.25, 0.3) is 0 Å². The largest absolute Gasteiger partial charge is 0.462 e. The molecule has 4 nitrogen and oxygen atoms in total. The topological polar surface area (TPSA) is 42.4 Å². The van der Waals surface area contributed by atoms with E-state index in [4.69, 9.17) is 4.74 Å². The molecule has 1 aromatic rings. The van der Waals surface area contributed by atoms with Crippen molar-refractivity contribution in [2.24, 2.45) is 0 Å². The number of hydrogen-bond acceptors (Lipinski definition) is 4. The van der Waals surface area contributed by atoms with E-state index in [0.717, 1.165) is 19.6 Å². The van der Waals surface area contributed by atoms with E-state index in [1.807, 2.05) is 25.4 Å². The minimum absolute atomic E-state index is 0.130. The molecule has 0 aliphatic carbocycles. The van der Waals surface area contributed by atoms with Gasteiger partial charge in [-0.25, -0.2) is 0 Å². The molecular formula is C18H24N2O2. The standard InChI is InChI=1S/C18H24N2O2/c1-15(22-16(2)21)7-3-4-11-20-12-6-9-18(14-20)17-8-5-10-19-13-17/h5,8,10,13,15,18H,6-7,9,11-12,14H2,1-2H3/t15-,18-/m1/s1. The predicted octanol–water partition coefficient (Wildman–Crippen LogP) is 2.61. The van der Waals surface area contributed by atoms with Gasteiger partial charge in [-0.3, -0.25) is 14.7 Å². The van der Waals surface area contributed by atoms with Crippen LogP contribution in [-0.2, 0) is 9.53 Å². The quantitative estimate of drug-likeness (QED) is 0.633. The van der Waals surface area contributed by atoms with Gasteiger partial charge >= 0.3 is 5.97 Å². The summed E-state index contributed by atoms with van der Waals surface area (Å²) < 4.78 is 5.06. The first-order chi connectivity index (χ1) is 10.6. The summed E-state index contributed by atoms with van der Waals surface area (Å²) >= 11 is 0. The second kappa shape index (κ2) is 8.55. The maximum absolute atomic E-state index is 10.8. The highest BCUT2D eigenvalue weighted by molar-refractivity contribution is 5.66. The van der Waals surface area contributed by atoms with Gasteiger partial charge in [0.05, 0.1) is 6.54 Å². The third-order valence-corrected chi connectivity index (χ3v) is 3.85. The van der Waals surface area contributed by atoms with Gasteiger partial charge in [-0.15, -0.1) is 0 Å². The molecule has 0 spiro atoms. The summed E-state index contributed by atoms with van der Waals surface area (Å²) in [5, 5.41) is 0. The highest BCUT2D eigenvalue weighted by Crippen LogP contribution is 2.25. The van der Waals surface area contributed by atoms with Crippen molar-refractivity contribution in [1.29, 1.82) is 0 Å². The smallest absolute Gasteiger partial charge is 0.302 e. The fourth-order valence-corrected chi connectivity index (χ4v) is 2.80. The Morgan fingerprint density at radius 3 is 3.14 bits per heavy atom. The summed E-state index contributed by atoms with van der Waals surface area (Å²) in [5.41, 5.74) is 1.32. The Hall–Kier alpha value is -1.86. The summed E-state index contributed by atoms with van der Waals surface area (Å²) in [4.78, 5) is 17.4. The lowest BCUT2D eigenvalue weighted by atomic mass is 9.92. The van der Waals surface area contributed by atoms with Crippen molar-refractivity contribution >= 4 is 5.97 Å².